The molecular formula is C17H31N. The smallest absolute Gasteiger partial charge is 0.00979 e. The topological polar surface area (TPSA) is 12.0 Å². The third-order valence-electron chi connectivity index (χ3n) is 6.13. The van der Waals surface area contributed by atoms with Crippen LogP contribution < -0.4 is 5.32 Å². The summed E-state index contributed by atoms with van der Waals surface area (Å²) < 4.78 is 0. The molecule has 0 aromatic carbocycles. The Morgan fingerprint density at radius 3 is 2.44 bits per heavy atom. The summed E-state index contributed by atoms with van der Waals surface area (Å²) in [7, 11) is 0. The highest BCUT2D eigenvalue weighted by molar-refractivity contribution is 4.93. The van der Waals surface area contributed by atoms with Gasteiger partial charge in [-0.05, 0) is 68.7 Å². The highest BCUT2D eigenvalue weighted by Crippen LogP contribution is 2.50. The lowest BCUT2D eigenvalue weighted by atomic mass is 9.77. The summed E-state index contributed by atoms with van der Waals surface area (Å²) in [6.07, 6.45) is 15.2. The number of hydrogen-bond acceptors (Lipinski definition) is 1. The van der Waals surface area contributed by atoms with E-state index >= 15 is 0 Å². The van der Waals surface area contributed by atoms with Crippen molar-refractivity contribution in [2.75, 3.05) is 6.54 Å². The summed E-state index contributed by atoms with van der Waals surface area (Å²) in [5, 5.41) is 3.84. The molecule has 3 rings (SSSR count). The molecule has 3 saturated carbocycles. The Hall–Kier alpha value is -0.0400. The van der Waals surface area contributed by atoms with Crippen molar-refractivity contribution in [1.82, 2.24) is 5.32 Å². The van der Waals surface area contributed by atoms with E-state index in [4.69, 9.17) is 0 Å². The predicted molar refractivity (Wildman–Crippen MR) is 77.6 cm³/mol. The third-order valence-corrected chi connectivity index (χ3v) is 6.13. The third kappa shape index (κ3) is 2.76. The highest BCUT2D eigenvalue weighted by Gasteiger charge is 2.40. The van der Waals surface area contributed by atoms with E-state index in [0.717, 1.165) is 29.7 Å². The van der Waals surface area contributed by atoms with Crippen molar-refractivity contribution in [2.24, 2.45) is 23.7 Å². The molecule has 3 aliphatic carbocycles. The normalized spacial score (nSPS) is 38.2. The van der Waals surface area contributed by atoms with Gasteiger partial charge >= 0.3 is 0 Å². The molecule has 104 valence electrons. The van der Waals surface area contributed by atoms with Gasteiger partial charge in [-0.2, -0.15) is 0 Å². The van der Waals surface area contributed by atoms with E-state index in [2.05, 4.69) is 12.2 Å². The molecule has 1 nitrogen and oxygen atoms in total. The molecule has 0 heterocycles. The fraction of sp³-hybridized carbons (Fsp3) is 1.00. The minimum Gasteiger partial charge on any atom is -0.314 e. The molecule has 0 aromatic rings. The molecule has 2 bridgehead atoms. The molecule has 3 fully saturated rings. The minimum atomic E-state index is 0.847. The van der Waals surface area contributed by atoms with Crippen molar-refractivity contribution in [3.8, 4) is 0 Å². The zero-order chi connectivity index (χ0) is 12.4. The summed E-state index contributed by atoms with van der Waals surface area (Å²) in [6, 6.07) is 0.847. The van der Waals surface area contributed by atoms with E-state index in [1.807, 2.05) is 0 Å². The molecule has 1 heteroatoms. The van der Waals surface area contributed by atoms with E-state index in [1.165, 1.54) is 45.1 Å². The maximum absolute atomic E-state index is 3.84. The zero-order valence-electron chi connectivity index (χ0n) is 12.2. The van der Waals surface area contributed by atoms with Gasteiger partial charge in [0.25, 0.3) is 0 Å². The molecule has 0 aliphatic heterocycles. The quantitative estimate of drug-likeness (QED) is 0.763. The molecule has 0 amide bonds. The zero-order valence-corrected chi connectivity index (χ0v) is 12.2. The van der Waals surface area contributed by atoms with Crippen LogP contribution in [0.5, 0.6) is 0 Å². The SMILES string of the molecule is CCNC(CC1CC2CCC1C2)C1CCCCC1. The van der Waals surface area contributed by atoms with Gasteiger partial charge in [0.1, 0.15) is 0 Å². The maximum Gasteiger partial charge on any atom is 0.00979 e. The molecule has 18 heavy (non-hydrogen) atoms. The van der Waals surface area contributed by atoms with Gasteiger partial charge < -0.3 is 5.32 Å². The summed E-state index contributed by atoms with van der Waals surface area (Å²) in [4.78, 5) is 0. The molecular weight excluding hydrogens is 218 g/mol. The Kier molecular flexibility index (Phi) is 4.28. The number of hydrogen-bond donors (Lipinski definition) is 1. The Morgan fingerprint density at radius 2 is 1.83 bits per heavy atom. The van der Waals surface area contributed by atoms with Gasteiger partial charge in [-0.1, -0.05) is 32.6 Å². The minimum absolute atomic E-state index is 0.847. The van der Waals surface area contributed by atoms with Crippen LogP contribution in [0.4, 0.5) is 0 Å². The van der Waals surface area contributed by atoms with Gasteiger partial charge in [-0.25, -0.2) is 0 Å². The van der Waals surface area contributed by atoms with Crippen LogP contribution in [0.3, 0.4) is 0 Å². The molecule has 0 saturated heterocycles. The molecule has 3 aliphatic rings. The second-order valence-corrected chi connectivity index (χ2v) is 7.23. The Balaban J connectivity index is 1.55. The highest BCUT2D eigenvalue weighted by atomic mass is 14.9. The van der Waals surface area contributed by atoms with E-state index in [-0.39, 0.29) is 0 Å². The van der Waals surface area contributed by atoms with Gasteiger partial charge in [-0.3, -0.25) is 0 Å². The molecule has 4 unspecified atom stereocenters. The number of nitrogens with one attached hydrogen (secondary N) is 1. The van der Waals surface area contributed by atoms with Crippen LogP contribution in [-0.4, -0.2) is 12.6 Å². The maximum atomic E-state index is 3.84. The summed E-state index contributed by atoms with van der Waals surface area (Å²) in [5.41, 5.74) is 0. The van der Waals surface area contributed by atoms with Crippen LogP contribution in [0.15, 0.2) is 0 Å². The van der Waals surface area contributed by atoms with Gasteiger partial charge in [0, 0.05) is 6.04 Å². The van der Waals surface area contributed by atoms with Crippen molar-refractivity contribution >= 4 is 0 Å². The largest absolute Gasteiger partial charge is 0.314 e. The first-order chi connectivity index (χ1) is 8.86. The summed E-state index contributed by atoms with van der Waals surface area (Å²) in [6.45, 7) is 3.46. The Bertz CT molecular complexity index is 256. The van der Waals surface area contributed by atoms with Crippen LogP contribution in [0.1, 0.15) is 71.1 Å². The number of fused-ring (bicyclic) bond motifs is 2. The van der Waals surface area contributed by atoms with Crippen LogP contribution >= 0.6 is 0 Å². The van der Waals surface area contributed by atoms with E-state index in [0.29, 0.717) is 0 Å². The molecule has 4 atom stereocenters. The van der Waals surface area contributed by atoms with E-state index < -0.39 is 0 Å². The first kappa shape index (κ1) is 13.0. The van der Waals surface area contributed by atoms with Gasteiger partial charge in [-0.15, -0.1) is 0 Å². The van der Waals surface area contributed by atoms with Crippen LogP contribution in [-0.2, 0) is 0 Å². The van der Waals surface area contributed by atoms with Crippen molar-refractivity contribution in [2.45, 2.75) is 77.2 Å². The molecule has 0 spiro atoms. The fourth-order valence-corrected chi connectivity index (χ4v) is 5.23. The van der Waals surface area contributed by atoms with Crippen molar-refractivity contribution in [1.29, 1.82) is 0 Å². The Labute approximate surface area is 113 Å². The first-order valence-corrected chi connectivity index (χ1v) is 8.60. The average Bonchev–Trinajstić information content (AvgIpc) is 3.01. The lowest BCUT2D eigenvalue weighted by Crippen LogP contribution is -2.39. The lowest BCUT2D eigenvalue weighted by molar-refractivity contribution is 0.205. The summed E-state index contributed by atoms with van der Waals surface area (Å²) >= 11 is 0. The first-order valence-electron chi connectivity index (χ1n) is 8.60. The van der Waals surface area contributed by atoms with Gasteiger partial charge in [0.2, 0.25) is 0 Å². The van der Waals surface area contributed by atoms with Crippen molar-refractivity contribution in [3.63, 3.8) is 0 Å². The molecule has 0 aromatic heterocycles. The second-order valence-electron chi connectivity index (χ2n) is 7.23. The lowest BCUT2D eigenvalue weighted by Gasteiger charge is -2.34. The van der Waals surface area contributed by atoms with Crippen molar-refractivity contribution in [3.05, 3.63) is 0 Å². The standard InChI is InChI=1S/C17H31N/c1-2-18-17(14-6-4-3-5-7-14)12-16-11-13-8-9-15(16)10-13/h13-18H,2-12H2,1H3. The summed E-state index contributed by atoms with van der Waals surface area (Å²) in [5.74, 6) is 4.31. The van der Waals surface area contributed by atoms with Crippen LogP contribution in [0, 0.1) is 23.7 Å². The number of rotatable bonds is 5. The van der Waals surface area contributed by atoms with E-state index in [9.17, 15) is 0 Å². The monoisotopic (exact) mass is 249 g/mol. The van der Waals surface area contributed by atoms with Crippen molar-refractivity contribution < 1.29 is 0 Å². The second kappa shape index (κ2) is 5.94. The van der Waals surface area contributed by atoms with E-state index in [1.54, 1.807) is 25.7 Å². The Morgan fingerprint density at radius 1 is 1.00 bits per heavy atom. The molecule has 0 radical (unpaired) electrons. The average molecular weight is 249 g/mol. The van der Waals surface area contributed by atoms with Gasteiger partial charge in [0.15, 0.2) is 0 Å². The van der Waals surface area contributed by atoms with Gasteiger partial charge in [0.05, 0.1) is 0 Å². The molecule has 1 N–H and O–H groups in total. The predicted octanol–water partition coefficient (Wildman–Crippen LogP) is 4.37. The van der Waals surface area contributed by atoms with Crippen LogP contribution in [0.25, 0.3) is 0 Å². The fourth-order valence-electron chi connectivity index (χ4n) is 5.23. The van der Waals surface area contributed by atoms with Crippen LogP contribution in [0.2, 0.25) is 0 Å².